The first-order chi connectivity index (χ1) is 7.03. The van der Waals surface area contributed by atoms with Crippen LogP contribution in [-0.2, 0) is 24.1 Å². The van der Waals surface area contributed by atoms with E-state index >= 15 is 0 Å². The average Bonchev–Trinajstić information content (AvgIpc) is 2.18. The number of rotatable bonds is 4. The van der Waals surface area contributed by atoms with Gasteiger partial charge in [-0.15, -0.1) is 0 Å². The lowest BCUT2D eigenvalue weighted by Gasteiger charge is -2.25. The van der Waals surface area contributed by atoms with Gasteiger partial charge in [-0.2, -0.15) is 0 Å². The number of carbonyl (C=O) groups excluding carboxylic acids is 1. The molecule has 1 aliphatic rings. The van der Waals surface area contributed by atoms with Crippen molar-refractivity contribution in [2.75, 3.05) is 45.0 Å². The average molecular weight is 237 g/mol. The van der Waals surface area contributed by atoms with Gasteiger partial charge >= 0.3 is 5.97 Å². The maximum atomic E-state index is 11.1. The summed E-state index contributed by atoms with van der Waals surface area (Å²) >= 11 is 0. The molecule has 6 nitrogen and oxygen atoms in total. The second-order valence-corrected chi connectivity index (χ2v) is 5.65. The molecule has 0 unspecified atom stereocenters. The van der Waals surface area contributed by atoms with E-state index in [1.54, 1.807) is 4.90 Å². The van der Waals surface area contributed by atoms with Gasteiger partial charge in [0.05, 0.1) is 18.1 Å². The minimum Gasteiger partial charge on any atom is -0.438 e. The van der Waals surface area contributed by atoms with Crippen molar-refractivity contribution in [3.8, 4) is 0 Å². The highest BCUT2D eigenvalue weighted by Crippen LogP contribution is 2.03. The van der Waals surface area contributed by atoms with Crippen LogP contribution in [0.2, 0.25) is 0 Å². The Bertz CT molecular complexity index is 299. The summed E-state index contributed by atoms with van der Waals surface area (Å²) in [6.07, 6.45) is 0. The number of hydrogen-bond acceptors (Lipinski definition) is 6. The fraction of sp³-hybridized carbons (Fsp3) is 0.875. The minimum absolute atomic E-state index is 0.0645. The maximum Gasteiger partial charge on any atom is 0.322 e. The zero-order valence-corrected chi connectivity index (χ0v) is 9.46. The molecule has 0 aromatic heterocycles. The second kappa shape index (κ2) is 5.43. The van der Waals surface area contributed by atoms with Gasteiger partial charge < -0.3 is 9.47 Å². The summed E-state index contributed by atoms with van der Waals surface area (Å²) in [6, 6.07) is 0. The molecule has 0 atom stereocenters. The lowest BCUT2D eigenvalue weighted by molar-refractivity contribution is -0.155. The third-order valence-corrected chi connectivity index (χ3v) is 3.74. The van der Waals surface area contributed by atoms with Crippen molar-refractivity contribution in [1.82, 2.24) is 4.90 Å². The number of methoxy groups -OCH3 is 1. The SMILES string of the molecule is COCOC(=O)CN1CCS(=O)(=O)CC1. The second-order valence-electron chi connectivity index (χ2n) is 3.35. The zero-order chi connectivity index (χ0) is 11.3. The summed E-state index contributed by atoms with van der Waals surface area (Å²) in [5, 5.41) is 0. The Labute approximate surface area is 89.1 Å². The molecule has 0 spiro atoms. The van der Waals surface area contributed by atoms with Crippen LogP contribution >= 0.6 is 0 Å². The smallest absolute Gasteiger partial charge is 0.322 e. The van der Waals surface area contributed by atoms with Gasteiger partial charge in [0.1, 0.15) is 0 Å². The standard InChI is InChI=1S/C8H15NO5S/c1-13-7-14-8(10)6-9-2-4-15(11,12)5-3-9/h2-7H2,1H3. The highest BCUT2D eigenvalue weighted by molar-refractivity contribution is 7.91. The van der Waals surface area contributed by atoms with Gasteiger partial charge in [0.2, 0.25) is 0 Å². The maximum absolute atomic E-state index is 11.1. The van der Waals surface area contributed by atoms with E-state index in [9.17, 15) is 13.2 Å². The predicted octanol–water partition coefficient (Wildman–Crippen LogP) is -1.14. The van der Waals surface area contributed by atoms with Crippen LogP contribution in [0.5, 0.6) is 0 Å². The summed E-state index contributed by atoms with van der Waals surface area (Å²) in [5.41, 5.74) is 0. The third kappa shape index (κ3) is 4.59. The Morgan fingerprint density at radius 1 is 1.33 bits per heavy atom. The highest BCUT2D eigenvalue weighted by Gasteiger charge is 2.23. The largest absolute Gasteiger partial charge is 0.438 e. The van der Waals surface area contributed by atoms with Gasteiger partial charge in [0, 0.05) is 20.2 Å². The molecule has 15 heavy (non-hydrogen) atoms. The lowest BCUT2D eigenvalue weighted by atomic mass is 10.4. The van der Waals surface area contributed by atoms with Crippen LogP contribution in [0.15, 0.2) is 0 Å². The van der Waals surface area contributed by atoms with Crippen LogP contribution < -0.4 is 0 Å². The number of sulfone groups is 1. The van der Waals surface area contributed by atoms with E-state index in [0.717, 1.165) is 0 Å². The highest BCUT2D eigenvalue weighted by atomic mass is 32.2. The molecule has 0 aromatic carbocycles. The van der Waals surface area contributed by atoms with Crippen LogP contribution in [0.25, 0.3) is 0 Å². The predicted molar refractivity (Wildman–Crippen MR) is 53.1 cm³/mol. The summed E-state index contributed by atoms with van der Waals surface area (Å²) in [7, 11) is -1.46. The van der Waals surface area contributed by atoms with Crippen molar-refractivity contribution in [1.29, 1.82) is 0 Å². The molecule has 1 saturated heterocycles. The molecular formula is C8H15NO5S. The normalized spacial score (nSPS) is 21.1. The molecule has 0 N–H and O–H groups in total. The van der Waals surface area contributed by atoms with Crippen LogP contribution in [0.4, 0.5) is 0 Å². The topological polar surface area (TPSA) is 72.9 Å². The zero-order valence-electron chi connectivity index (χ0n) is 8.64. The van der Waals surface area contributed by atoms with Gasteiger partial charge in [-0.3, -0.25) is 9.69 Å². The van der Waals surface area contributed by atoms with E-state index in [0.29, 0.717) is 13.1 Å². The molecule has 1 aliphatic heterocycles. The van der Waals surface area contributed by atoms with Crippen molar-refractivity contribution in [3.63, 3.8) is 0 Å². The van der Waals surface area contributed by atoms with E-state index in [-0.39, 0.29) is 24.8 Å². The Morgan fingerprint density at radius 2 is 1.93 bits per heavy atom. The number of esters is 1. The van der Waals surface area contributed by atoms with Crippen LogP contribution in [0.3, 0.4) is 0 Å². The Morgan fingerprint density at radius 3 is 2.47 bits per heavy atom. The van der Waals surface area contributed by atoms with Crippen LogP contribution in [0.1, 0.15) is 0 Å². The Kier molecular flexibility index (Phi) is 4.49. The first-order valence-corrected chi connectivity index (χ1v) is 6.43. The van der Waals surface area contributed by atoms with E-state index < -0.39 is 15.8 Å². The minimum atomic E-state index is -2.89. The summed E-state index contributed by atoms with van der Waals surface area (Å²) in [6.45, 7) is 0.846. The number of ether oxygens (including phenoxy) is 2. The molecular weight excluding hydrogens is 222 g/mol. The van der Waals surface area contributed by atoms with Crippen molar-refractivity contribution >= 4 is 15.8 Å². The molecule has 0 aliphatic carbocycles. The van der Waals surface area contributed by atoms with Crippen LogP contribution in [0, 0.1) is 0 Å². The van der Waals surface area contributed by atoms with Crippen molar-refractivity contribution in [3.05, 3.63) is 0 Å². The molecule has 0 amide bonds. The molecule has 0 aromatic rings. The monoisotopic (exact) mass is 237 g/mol. The van der Waals surface area contributed by atoms with Gasteiger partial charge in [0.25, 0.3) is 0 Å². The number of hydrogen-bond donors (Lipinski definition) is 0. The molecule has 88 valence electrons. The first kappa shape index (κ1) is 12.4. The van der Waals surface area contributed by atoms with Gasteiger partial charge in [-0.05, 0) is 0 Å². The molecule has 1 heterocycles. The summed E-state index contributed by atoms with van der Waals surface area (Å²) in [5.74, 6) is -0.161. The molecule has 0 radical (unpaired) electrons. The Balaban J connectivity index is 2.26. The van der Waals surface area contributed by atoms with Crippen molar-refractivity contribution < 1.29 is 22.7 Å². The van der Waals surface area contributed by atoms with Crippen LogP contribution in [-0.4, -0.2) is 64.3 Å². The molecule has 0 saturated carbocycles. The molecule has 1 rings (SSSR count). The Hall–Kier alpha value is -0.660. The lowest BCUT2D eigenvalue weighted by Crippen LogP contribution is -2.43. The third-order valence-electron chi connectivity index (χ3n) is 2.13. The van der Waals surface area contributed by atoms with Crippen molar-refractivity contribution in [2.45, 2.75) is 0 Å². The molecule has 7 heteroatoms. The quantitative estimate of drug-likeness (QED) is 0.455. The van der Waals surface area contributed by atoms with E-state index in [1.807, 2.05) is 0 Å². The fourth-order valence-electron chi connectivity index (χ4n) is 1.26. The first-order valence-electron chi connectivity index (χ1n) is 4.61. The van der Waals surface area contributed by atoms with Gasteiger partial charge in [-0.25, -0.2) is 8.42 Å². The van der Waals surface area contributed by atoms with E-state index in [4.69, 9.17) is 4.74 Å². The van der Waals surface area contributed by atoms with E-state index in [1.165, 1.54) is 7.11 Å². The van der Waals surface area contributed by atoms with Gasteiger partial charge in [0.15, 0.2) is 16.6 Å². The fourth-order valence-corrected chi connectivity index (χ4v) is 2.54. The molecule has 0 bridgehead atoms. The van der Waals surface area contributed by atoms with E-state index in [2.05, 4.69) is 4.74 Å². The summed E-state index contributed by atoms with van der Waals surface area (Å²) in [4.78, 5) is 12.9. The van der Waals surface area contributed by atoms with Crippen molar-refractivity contribution in [2.24, 2.45) is 0 Å². The number of carbonyl (C=O) groups is 1. The van der Waals surface area contributed by atoms with Gasteiger partial charge in [-0.1, -0.05) is 0 Å². The summed E-state index contributed by atoms with van der Waals surface area (Å²) < 4.78 is 31.5. The molecule has 1 fully saturated rings. The number of nitrogens with zero attached hydrogens (tertiary/aromatic N) is 1.